The van der Waals surface area contributed by atoms with Crippen molar-refractivity contribution in [2.75, 3.05) is 6.61 Å². The molecule has 1 N–H and O–H groups in total. The molecule has 0 fully saturated rings. The maximum absolute atomic E-state index is 9.00. The number of carboxylic acids is 1. The highest BCUT2D eigenvalue weighted by molar-refractivity contribution is 6.83. The number of carboxylic acid groups (broad SMARTS) is 1. The summed E-state index contributed by atoms with van der Waals surface area (Å²) in [6, 6.07) is 6.38. The molecule has 0 bridgehead atoms. The predicted octanol–water partition coefficient (Wildman–Crippen LogP) is 3.86. The lowest BCUT2D eigenvalue weighted by molar-refractivity contribution is -0.134. The van der Waals surface area contributed by atoms with E-state index in [9.17, 15) is 0 Å². The Kier molecular flexibility index (Phi) is 7.47. The quantitative estimate of drug-likeness (QED) is 0.504. The Morgan fingerprint density at radius 1 is 1.38 bits per heavy atom. The summed E-state index contributed by atoms with van der Waals surface area (Å²) in [5, 5.41) is 11.6. The van der Waals surface area contributed by atoms with E-state index in [-0.39, 0.29) is 0 Å². The number of hydrogen-bond donors (Lipinski definition) is 1. The molecule has 0 aromatic heterocycles. The topological polar surface area (TPSA) is 58.9 Å². The van der Waals surface area contributed by atoms with Gasteiger partial charge in [-0.3, -0.25) is 4.79 Å². The van der Waals surface area contributed by atoms with Crippen molar-refractivity contribution in [2.24, 2.45) is 5.16 Å². The first-order valence-corrected chi connectivity index (χ1v) is 11.5. The Morgan fingerprint density at radius 2 is 2.04 bits per heavy atom. The molecule has 0 heterocycles. The molecule has 24 heavy (non-hydrogen) atoms. The van der Waals surface area contributed by atoms with Crippen molar-refractivity contribution in [2.45, 2.75) is 39.9 Å². The second kappa shape index (κ2) is 9.09. The third-order valence-electron chi connectivity index (χ3n) is 2.87. The molecule has 0 aliphatic heterocycles. The zero-order valence-corrected chi connectivity index (χ0v) is 16.0. The van der Waals surface area contributed by atoms with E-state index in [1.54, 1.807) is 0 Å². The van der Waals surface area contributed by atoms with Gasteiger partial charge in [0.05, 0.1) is 0 Å². The van der Waals surface area contributed by atoms with Crippen molar-refractivity contribution in [3.8, 4) is 11.5 Å². The van der Waals surface area contributed by atoms with Gasteiger partial charge in [-0.25, -0.2) is 0 Å². The fourth-order valence-corrected chi connectivity index (χ4v) is 2.45. The molecule has 0 radical (unpaired) electrons. The van der Waals surface area contributed by atoms with Crippen molar-refractivity contribution in [3.63, 3.8) is 0 Å². The average Bonchev–Trinajstić information content (AvgIpc) is 2.49. The molecule has 4 nitrogen and oxygen atoms in total. The summed E-state index contributed by atoms with van der Waals surface area (Å²) >= 11 is 0. The lowest BCUT2D eigenvalue weighted by Gasteiger charge is -2.13. The number of aliphatic carboxylic acids is 1. The molecule has 0 atom stereocenters. The molecule has 0 amide bonds. The van der Waals surface area contributed by atoms with E-state index in [0.717, 1.165) is 30.2 Å². The Labute approximate surface area is 145 Å². The first-order chi connectivity index (χ1) is 11.2. The van der Waals surface area contributed by atoms with Crippen LogP contribution in [0.15, 0.2) is 35.5 Å². The first kappa shape index (κ1) is 19.7. The van der Waals surface area contributed by atoms with E-state index in [1.807, 2.05) is 13.0 Å². The van der Waals surface area contributed by atoms with E-state index >= 15 is 0 Å². The van der Waals surface area contributed by atoms with E-state index < -0.39 is 14.0 Å². The lowest BCUT2D eigenvalue weighted by Crippen LogP contribution is -2.16. The molecule has 128 valence electrons. The van der Waals surface area contributed by atoms with Crippen molar-refractivity contribution in [3.05, 3.63) is 47.0 Å². The van der Waals surface area contributed by atoms with Gasteiger partial charge in [0.25, 0.3) is 5.97 Å². The second-order valence-electron chi connectivity index (χ2n) is 6.39. The van der Waals surface area contributed by atoms with Crippen LogP contribution in [0, 0.1) is 11.5 Å². The van der Waals surface area contributed by atoms with Gasteiger partial charge in [0.1, 0.15) is 20.4 Å². The zero-order valence-electron chi connectivity index (χ0n) is 15.0. The van der Waals surface area contributed by atoms with Crippen LogP contribution in [0.1, 0.15) is 30.5 Å². The second-order valence-corrected chi connectivity index (χ2v) is 11.1. The molecule has 0 saturated carbocycles. The van der Waals surface area contributed by atoms with Crippen molar-refractivity contribution >= 4 is 19.8 Å². The minimum atomic E-state index is -1.34. The van der Waals surface area contributed by atoms with Crippen LogP contribution >= 0.6 is 0 Å². The first-order valence-electron chi connectivity index (χ1n) is 7.95. The maximum Gasteiger partial charge on any atom is 0.300 e. The van der Waals surface area contributed by atoms with Crippen molar-refractivity contribution in [1.29, 1.82) is 0 Å². The van der Waals surface area contributed by atoms with Crippen LogP contribution in [-0.4, -0.2) is 31.5 Å². The van der Waals surface area contributed by atoms with Crippen LogP contribution in [0.4, 0.5) is 0 Å². The van der Waals surface area contributed by atoms with Crippen LogP contribution in [-0.2, 0) is 16.1 Å². The SMILES string of the molecule is CC(=O)O.CCON=C1C=CCc2ccc(C#C[Si](C)(C)C)cc21. The molecule has 1 aliphatic carbocycles. The monoisotopic (exact) mass is 343 g/mol. The molecule has 2 rings (SSSR count). The minimum absolute atomic E-state index is 0.585. The number of allylic oxidation sites excluding steroid dienone is 2. The zero-order chi connectivity index (χ0) is 18.2. The normalized spacial score (nSPS) is 14.0. The largest absolute Gasteiger partial charge is 0.481 e. The standard InChI is InChI=1S/C17H21NOSi.C2H4O2/c1-5-19-18-17-8-6-7-15-10-9-14(13-16(15)17)11-12-20(2,3)4;1-2(3)4/h6,8-10,13H,5,7H2,1-4H3;1H3,(H,3,4). The summed E-state index contributed by atoms with van der Waals surface area (Å²) in [4.78, 5) is 14.2. The van der Waals surface area contributed by atoms with Gasteiger partial charge in [0.15, 0.2) is 0 Å². The molecular formula is C19H25NO3Si. The van der Waals surface area contributed by atoms with Gasteiger partial charge in [0, 0.05) is 18.1 Å². The number of nitrogens with zero attached hydrogens (tertiary/aromatic N) is 1. The smallest absolute Gasteiger partial charge is 0.300 e. The van der Waals surface area contributed by atoms with Crippen molar-refractivity contribution < 1.29 is 14.7 Å². The Bertz CT molecular complexity index is 700. The van der Waals surface area contributed by atoms with Crippen LogP contribution in [0.5, 0.6) is 0 Å². The van der Waals surface area contributed by atoms with Gasteiger partial charge in [-0.05, 0) is 37.1 Å². The Balaban J connectivity index is 0.000000648. The predicted molar refractivity (Wildman–Crippen MR) is 101 cm³/mol. The van der Waals surface area contributed by atoms with Gasteiger partial charge in [-0.15, -0.1) is 5.54 Å². The third-order valence-corrected chi connectivity index (χ3v) is 3.75. The highest BCUT2D eigenvalue weighted by atomic mass is 28.3. The van der Waals surface area contributed by atoms with E-state index in [1.165, 1.54) is 5.56 Å². The Hall–Kier alpha value is -2.32. The summed E-state index contributed by atoms with van der Waals surface area (Å²) < 4.78 is 0. The molecule has 0 saturated heterocycles. The molecular weight excluding hydrogens is 318 g/mol. The van der Waals surface area contributed by atoms with Gasteiger partial charge in [-0.2, -0.15) is 0 Å². The number of rotatable bonds is 2. The molecule has 5 heteroatoms. The van der Waals surface area contributed by atoms with Gasteiger partial charge in [0.2, 0.25) is 0 Å². The number of benzene rings is 1. The van der Waals surface area contributed by atoms with E-state index in [4.69, 9.17) is 14.7 Å². The van der Waals surface area contributed by atoms with Crippen LogP contribution < -0.4 is 0 Å². The molecule has 1 aliphatic rings. The highest BCUT2D eigenvalue weighted by Gasteiger charge is 2.12. The summed E-state index contributed by atoms with van der Waals surface area (Å²) in [7, 11) is -1.34. The van der Waals surface area contributed by atoms with E-state index in [2.05, 4.69) is 60.5 Å². The van der Waals surface area contributed by atoms with Gasteiger partial charge >= 0.3 is 0 Å². The molecule has 0 spiro atoms. The minimum Gasteiger partial charge on any atom is -0.481 e. The molecule has 1 aromatic rings. The third kappa shape index (κ3) is 7.29. The average molecular weight is 343 g/mol. The fourth-order valence-electron chi connectivity index (χ4n) is 1.93. The van der Waals surface area contributed by atoms with E-state index in [0.29, 0.717) is 6.61 Å². The summed E-state index contributed by atoms with van der Waals surface area (Å²) in [5.74, 6) is 2.47. The van der Waals surface area contributed by atoms with Crippen LogP contribution in [0.2, 0.25) is 19.6 Å². The highest BCUT2D eigenvalue weighted by Crippen LogP contribution is 2.19. The maximum atomic E-state index is 9.00. The summed E-state index contributed by atoms with van der Waals surface area (Å²) in [6.07, 6.45) is 5.09. The van der Waals surface area contributed by atoms with Crippen molar-refractivity contribution in [1.82, 2.24) is 0 Å². The van der Waals surface area contributed by atoms with Gasteiger partial charge in [-0.1, -0.05) is 42.9 Å². The number of fused-ring (bicyclic) bond motifs is 1. The Morgan fingerprint density at radius 3 is 2.62 bits per heavy atom. The molecule has 0 unspecified atom stereocenters. The lowest BCUT2D eigenvalue weighted by atomic mass is 9.93. The van der Waals surface area contributed by atoms with Gasteiger partial charge < -0.3 is 9.94 Å². The number of oxime groups is 1. The number of carbonyl (C=O) groups is 1. The summed E-state index contributed by atoms with van der Waals surface area (Å²) in [6.45, 7) is 10.4. The molecule has 1 aromatic carbocycles. The summed E-state index contributed by atoms with van der Waals surface area (Å²) in [5.41, 5.74) is 7.78. The van der Waals surface area contributed by atoms with Crippen LogP contribution in [0.3, 0.4) is 0 Å². The van der Waals surface area contributed by atoms with Crippen LogP contribution in [0.25, 0.3) is 0 Å². The number of hydrogen-bond acceptors (Lipinski definition) is 3. The fraction of sp³-hybridized carbons (Fsp3) is 0.368.